The van der Waals surface area contributed by atoms with Crippen LogP contribution in [0.1, 0.15) is 5.69 Å². The third-order valence-electron chi connectivity index (χ3n) is 4.71. The zero-order valence-corrected chi connectivity index (χ0v) is 15.8. The van der Waals surface area contributed by atoms with Gasteiger partial charge in [-0.05, 0) is 6.07 Å². The van der Waals surface area contributed by atoms with Crippen molar-refractivity contribution in [2.75, 3.05) is 18.0 Å². The number of amides is 1. The van der Waals surface area contributed by atoms with Gasteiger partial charge >= 0.3 is 6.18 Å². The molecule has 1 atom stereocenters. The molecule has 31 heavy (non-hydrogen) atoms. The van der Waals surface area contributed by atoms with E-state index in [2.05, 4.69) is 25.3 Å². The lowest BCUT2D eigenvalue weighted by atomic mass is 10.1. The normalized spacial score (nSPS) is 17.6. The molecule has 1 unspecified atom stereocenters. The Hall–Kier alpha value is -4.03. The minimum atomic E-state index is -4.61. The largest absolute Gasteiger partial charge is 0.434 e. The van der Waals surface area contributed by atoms with Crippen LogP contribution in [0.3, 0.4) is 0 Å². The second-order valence-electron chi connectivity index (χ2n) is 6.69. The Morgan fingerprint density at radius 2 is 2.10 bits per heavy atom. The summed E-state index contributed by atoms with van der Waals surface area (Å²) >= 11 is 0. The molecule has 0 aromatic carbocycles. The van der Waals surface area contributed by atoms with Gasteiger partial charge in [0.15, 0.2) is 17.2 Å². The van der Waals surface area contributed by atoms with E-state index in [9.17, 15) is 18.0 Å². The first-order chi connectivity index (χ1) is 14.8. The van der Waals surface area contributed by atoms with Gasteiger partial charge < -0.3 is 21.4 Å². The number of hydrogen-bond donors (Lipinski definition) is 3. The van der Waals surface area contributed by atoms with Crippen LogP contribution in [0.2, 0.25) is 0 Å². The number of nitrogens with two attached hydrogens (primary N) is 1. The fourth-order valence-electron chi connectivity index (χ4n) is 3.22. The number of aromatic nitrogens is 5. The first-order valence-electron chi connectivity index (χ1n) is 9.00. The monoisotopic (exact) mass is 431 g/mol. The third-order valence-corrected chi connectivity index (χ3v) is 4.71. The Kier molecular flexibility index (Phi) is 5.01. The predicted molar refractivity (Wildman–Crippen MR) is 104 cm³/mol. The van der Waals surface area contributed by atoms with Crippen LogP contribution in [0.5, 0.6) is 0 Å². The molecule has 13 heteroatoms. The summed E-state index contributed by atoms with van der Waals surface area (Å²) in [5.74, 6) is 0.244. The van der Waals surface area contributed by atoms with Gasteiger partial charge in [-0.2, -0.15) is 13.2 Å². The van der Waals surface area contributed by atoms with Crippen LogP contribution in [0.4, 0.5) is 19.0 Å². The zero-order valence-electron chi connectivity index (χ0n) is 15.8. The molecule has 0 spiro atoms. The number of hydrogen-bond acceptors (Lipinski definition) is 8. The van der Waals surface area contributed by atoms with Crippen molar-refractivity contribution >= 4 is 23.6 Å². The molecule has 4 rings (SSSR count). The average molecular weight is 431 g/mol. The summed E-state index contributed by atoms with van der Waals surface area (Å²) in [6.45, 7) is 0.313. The van der Waals surface area contributed by atoms with Crippen LogP contribution in [0.15, 0.2) is 42.6 Å². The molecule has 3 aromatic rings. The molecule has 1 saturated heterocycles. The highest BCUT2D eigenvalue weighted by molar-refractivity contribution is 5.86. The molecule has 1 amide bonds. The van der Waals surface area contributed by atoms with E-state index >= 15 is 0 Å². The number of rotatable bonds is 4. The molecule has 0 bridgehead atoms. The average Bonchev–Trinajstić information content (AvgIpc) is 3.17. The van der Waals surface area contributed by atoms with Gasteiger partial charge in [0.25, 0.3) is 0 Å². The van der Waals surface area contributed by atoms with Crippen molar-refractivity contribution in [2.45, 2.75) is 12.2 Å². The first-order valence-corrected chi connectivity index (χ1v) is 9.00. The molecule has 1 aliphatic heterocycles. The minimum Gasteiger partial charge on any atom is -0.404 e. The number of imidazole rings is 1. The van der Waals surface area contributed by atoms with Crippen molar-refractivity contribution in [3.8, 4) is 11.5 Å². The number of carbonyl (C=O) groups excluding carboxylic acids is 1. The van der Waals surface area contributed by atoms with E-state index in [4.69, 9.17) is 11.1 Å². The summed E-state index contributed by atoms with van der Waals surface area (Å²) in [7, 11) is 0. The van der Waals surface area contributed by atoms with E-state index < -0.39 is 17.9 Å². The highest BCUT2D eigenvalue weighted by Gasteiger charge is 2.33. The Balaban J connectivity index is 1.70. The van der Waals surface area contributed by atoms with E-state index in [0.29, 0.717) is 17.9 Å². The highest BCUT2D eigenvalue weighted by Crippen LogP contribution is 2.29. The van der Waals surface area contributed by atoms with Crippen molar-refractivity contribution in [1.82, 2.24) is 29.7 Å². The lowest BCUT2D eigenvalue weighted by Gasteiger charge is -2.34. The number of anilines is 1. The van der Waals surface area contributed by atoms with Crippen LogP contribution in [0.25, 0.3) is 17.2 Å². The molecular weight excluding hydrogens is 415 g/mol. The molecule has 1 aliphatic rings. The van der Waals surface area contributed by atoms with Gasteiger partial charge in [0, 0.05) is 36.9 Å². The molecule has 1 fully saturated rings. The van der Waals surface area contributed by atoms with Crippen LogP contribution in [-0.2, 0) is 11.0 Å². The summed E-state index contributed by atoms with van der Waals surface area (Å²) < 4.78 is 40.4. The Morgan fingerprint density at radius 1 is 1.29 bits per heavy atom. The lowest BCUT2D eigenvalue weighted by Crippen LogP contribution is -2.55. The number of nitrogens with one attached hydrogen (secondary N) is 2. The summed E-state index contributed by atoms with van der Waals surface area (Å²) in [5, 5.41) is 10.2. The molecular formula is C18H16F3N9O. The van der Waals surface area contributed by atoms with Crippen molar-refractivity contribution in [3.63, 3.8) is 0 Å². The van der Waals surface area contributed by atoms with Crippen molar-refractivity contribution in [3.05, 3.63) is 48.3 Å². The quantitative estimate of drug-likeness (QED) is 0.524. The predicted octanol–water partition coefficient (Wildman–Crippen LogP) is 1.00. The topological polar surface area (TPSA) is 138 Å². The van der Waals surface area contributed by atoms with Gasteiger partial charge in [-0.1, -0.05) is 0 Å². The van der Waals surface area contributed by atoms with Gasteiger partial charge in [0.05, 0.1) is 25.0 Å². The molecule has 4 N–H and O–H groups in total. The Bertz CT molecular complexity index is 1190. The van der Waals surface area contributed by atoms with Gasteiger partial charge in [0.2, 0.25) is 5.91 Å². The van der Waals surface area contributed by atoms with Gasteiger partial charge in [-0.25, -0.2) is 19.9 Å². The molecule has 0 radical (unpaired) electrons. The lowest BCUT2D eigenvalue weighted by molar-refractivity contribution is -0.141. The maximum atomic E-state index is 13.1. The number of halogens is 3. The van der Waals surface area contributed by atoms with Gasteiger partial charge in [0.1, 0.15) is 11.5 Å². The van der Waals surface area contributed by atoms with Crippen LogP contribution in [-0.4, -0.2) is 55.6 Å². The summed E-state index contributed by atoms with van der Waals surface area (Å²) in [6.07, 6.45) is 2.35. The SMILES string of the molecule is N=C/C(=C\N)C1CN(c2ccnc(-c3cnc4cnc(C(F)(F)F)cn34)n2)CC(=O)N1. The maximum absolute atomic E-state index is 13.1. The molecule has 10 nitrogen and oxygen atoms in total. The van der Waals surface area contributed by atoms with E-state index in [1.54, 1.807) is 11.0 Å². The molecule has 0 aliphatic carbocycles. The number of nitrogens with zero attached hydrogens (tertiary/aromatic N) is 6. The van der Waals surface area contributed by atoms with E-state index in [1.807, 2.05) is 0 Å². The molecule has 4 heterocycles. The van der Waals surface area contributed by atoms with Crippen LogP contribution >= 0.6 is 0 Å². The van der Waals surface area contributed by atoms with Crippen LogP contribution < -0.4 is 16.0 Å². The van der Waals surface area contributed by atoms with Crippen molar-refractivity contribution < 1.29 is 18.0 Å². The molecule has 160 valence electrons. The maximum Gasteiger partial charge on any atom is 0.434 e. The van der Waals surface area contributed by atoms with Crippen molar-refractivity contribution in [2.24, 2.45) is 5.73 Å². The summed E-state index contributed by atoms with van der Waals surface area (Å²) in [6, 6.07) is 1.08. The fourth-order valence-corrected chi connectivity index (χ4v) is 3.22. The van der Waals surface area contributed by atoms with Crippen molar-refractivity contribution in [1.29, 1.82) is 5.41 Å². The van der Waals surface area contributed by atoms with E-state index in [0.717, 1.165) is 18.6 Å². The number of fused-ring (bicyclic) bond motifs is 1. The fraction of sp³-hybridized carbons (Fsp3) is 0.222. The Morgan fingerprint density at radius 3 is 2.81 bits per heavy atom. The second-order valence-corrected chi connectivity index (χ2v) is 6.69. The summed E-state index contributed by atoms with van der Waals surface area (Å²) in [4.78, 5) is 29.9. The number of piperazine rings is 1. The van der Waals surface area contributed by atoms with Crippen LogP contribution in [0, 0.1) is 5.41 Å². The standard InChI is InChI=1S/C18H16F3N9O/c19-18(20,21)13-8-30-12(5-26-15(30)6-25-13)17-24-2-1-14(28-17)29-7-11(10(3-22)4-23)27-16(31)9-29/h1-6,8,11,22H,7,9,23H2,(H,27,31)/b10-4+,22-3?. The van der Waals surface area contributed by atoms with E-state index in [-0.39, 0.29) is 29.6 Å². The Labute approximate surface area is 173 Å². The zero-order chi connectivity index (χ0) is 22.2. The second kappa shape index (κ2) is 7.66. The highest BCUT2D eigenvalue weighted by atomic mass is 19.4. The number of carbonyl (C=O) groups is 1. The third kappa shape index (κ3) is 3.89. The molecule has 3 aromatic heterocycles. The van der Waals surface area contributed by atoms with Gasteiger partial charge in [-0.3, -0.25) is 9.20 Å². The number of alkyl halides is 3. The first kappa shape index (κ1) is 20.3. The van der Waals surface area contributed by atoms with E-state index in [1.165, 1.54) is 23.0 Å². The smallest absolute Gasteiger partial charge is 0.404 e. The summed E-state index contributed by atoms with van der Waals surface area (Å²) in [5.41, 5.74) is 5.33. The van der Waals surface area contributed by atoms with Gasteiger partial charge in [-0.15, -0.1) is 0 Å². The minimum absolute atomic E-state index is 0.0120. The molecule has 0 saturated carbocycles.